The first-order valence-corrected chi connectivity index (χ1v) is 11.3. The van der Waals surface area contributed by atoms with E-state index in [4.69, 9.17) is 18.9 Å². The van der Waals surface area contributed by atoms with Crippen molar-refractivity contribution in [3.8, 4) is 23.0 Å². The summed E-state index contributed by atoms with van der Waals surface area (Å²) >= 11 is 0. The van der Waals surface area contributed by atoms with Crippen molar-refractivity contribution in [3.05, 3.63) is 46.5 Å². The summed E-state index contributed by atoms with van der Waals surface area (Å²) in [5.41, 5.74) is 3.15. The molecule has 0 fully saturated rings. The molecule has 0 aliphatic heterocycles. The fraction of sp³-hybridized carbons (Fsp3) is 0.462. The normalized spacial score (nSPS) is 10.6. The van der Waals surface area contributed by atoms with Crippen molar-refractivity contribution < 1.29 is 38.7 Å². The van der Waals surface area contributed by atoms with Crippen LogP contribution < -0.4 is 9.47 Å². The molecule has 186 valence electrons. The summed E-state index contributed by atoms with van der Waals surface area (Å²) in [5.74, 6) is 0.365. The maximum absolute atomic E-state index is 12.0. The molecule has 0 unspecified atom stereocenters. The largest absolute Gasteiger partial charge is 0.504 e. The van der Waals surface area contributed by atoms with Crippen LogP contribution in [0.15, 0.2) is 24.3 Å². The van der Waals surface area contributed by atoms with Crippen molar-refractivity contribution >= 4 is 11.9 Å². The Hall–Kier alpha value is -3.42. The summed E-state index contributed by atoms with van der Waals surface area (Å²) in [6.07, 6.45) is 2.62. The predicted molar refractivity (Wildman–Crippen MR) is 127 cm³/mol. The molecule has 2 N–H and O–H groups in total. The summed E-state index contributed by atoms with van der Waals surface area (Å²) < 4.78 is 20.7. The van der Waals surface area contributed by atoms with Gasteiger partial charge in [-0.1, -0.05) is 12.1 Å². The van der Waals surface area contributed by atoms with Gasteiger partial charge < -0.3 is 29.2 Å². The average Bonchev–Trinajstić information content (AvgIpc) is 2.82. The first-order valence-electron chi connectivity index (χ1n) is 11.3. The van der Waals surface area contributed by atoms with E-state index in [1.807, 2.05) is 12.1 Å². The molecule has 0 amide bonds. The molecule has 2 aromatic rings. The van der Waals surface area contributed by atoms with Crippen LogP contribution in [-0.4, -0.2) is 49.6 Å². The fourth-order valence-corrected chi connectivity index (χ4v) is 3.45. The van der Waals surface area contributed by atoms with Gasteiger partial charge in [-0.05, 0) is 73.9 Å². The Morgan fingerprint density at radius 3 is 1.44 bits per heavy atom. The van der Waals surface area contributed by atoms with Gasteiger partial charge >= 0.3 is 11.9 Å². The SMILES string of the molecule is COc1cc(CCC(=O)OCCCCOC(=O)CCc2cc(C)c(O)c(OC)c2)cc(C)c1O. The lowest BCUT2D eigenvalue weighted by Crippen LogP contribution is -2.10. The van der Waals surface area contributed by atoms with E-state index in [9.17, 15) is 19.8 Å². The molecule has 34 heavy (non-hydrogen) atoms. The number of phenols is 2. The maximum Gasteiger partial charge on any atom is 0.306 e. The van der Waals surface area contributed by atoms with Gasteiger partial charge in [-0.25, -0.2) is 0 Å². The lowest BCUT2D eigenvalue weighted by atomic mass is 10.1. The molecular formula is C26H34O8. The molecule has 0 spiro atoms. The number of carbonyl (C=O) groups is 2. The standard InChI is InChI=1S/C26H34O8/c1-17-13-19(15-21(31-3)25(17)29)7-9-23(27)33-11-5-6-12-34-24(28)10-8-20-14-18(2)26(30)22(16-20)32-4/h13-16,29-30H,5-12H2,1-4H3. The second-order valence-corrected chi connectivity index (χ2v) is 8.08. The maximum atomic E-state index is 12.0. The van der Waals surface area contributed by atoms with Crippen molar-refractivity contribution in [2.75, 3.05) is 27.4 Å². The molecule has 0 heterocycles. The Labute approximate surface area is 200 Å². The Kier molecular flexibility index (Phi) is 10.5. The molecule has 0 saturated heterocycles. The fourth-order valence-electron chi connectivity index (χ4n) is 3.45. The summed E-state index contributed by atoms with van der Waals surface area (Å²) in [7, 11) is 2.97. The highest BCUT2D eigenvalue weighted by molar-refractivity contribution is 5.70. The smallest absolute Gasteiger partial charge is 0.306 e. The van der Waals surface area contributed by atoms with E-state index in [0.29, 0.717) is 48.3 Å². The average molecular weight is 475 g/mol. The monoisotopic (exact) mass is 474 g/mol. The first kappa shape index (κ1) is 26.8. The lowest BCUT2D eigenvalue weighted by Gasteiger charge is -2.10. The van der Waals surface area contributed by atoms with Gasteiger partial charge in [-0.15, -0.1) is 0 Å². The number of methoxy groups -OCH3 is 2. The second kappa shape index (κ2) is 13.3. The highest BCUT2D eigenvalue weighted by Crippen LogP contribution is 2.32. The Morgan fingerprint density at radius 1 is 0.706 bits per heavy atom. The molecule has 2 aromatic carbocycles. The molecule has 0 aliphatic rings. The number of rotatable bonds is 13. The molecule has 0 aliphatic carbocycles. The summed E-state index contributed by atoms with van der Waals surface area (Å²) in [6.45, 7) is 4.08. The van der Waals surface area contributed by atoms with Crippen molar-refractivity contribution in [1.82, 2.24) is 0 Å². The zero-order chi connectivity index (χ0) is 25.1. The van der Waals surface area contributed by atoms with E-state index in [2.05, 4.69) is 0 Å². The zero-order valence-corrected chi connectivity index (χ0v) is 20.3. The van der Waals surface area contributed by atoms with Crippen molar-refractivity contribution in [3.63, 3.8) is 0 Å². The molecular weight excluding hydrogens is 440 g/mol. The minimum absolute atomic E-state index is 0.102. The van der Waals surface area contributed by atoms with Crippen LogP contribution in [0, 0.1) is 13.8 Å². The van der Waals surface area contributed by atoms with Crippen molar-refractivity contribution in [2.45, 2.75) is 52.4 Å². The number of benzene rings is 2. The second-order valence-electron chi connectivity index (χ2n) is 8.08. The Morgan fingerprint density at radius 2 is 1.09 bits per heavy atom. The highest BCUT2D eigenvalue weighted by Gasteiger charge is 2.11. The lowest BCUT2D eigenvalue weighted by molar-refractivity contribution is -0.146. The van der Waals surface area contributed by atoms with E-state index >= 15 is 0 Å². The van der Waals surface area contributed by atoms with Crippen LogP contribution in [0.2, 0.25) is 0 Å². The summed E-state index contributed by atoms with van der Waals surface area (Å²) in [4.78, 5) is 23.9. The number of carbonyl (C=O) groups excluding carboxylic acids is 2. The number of phenolic OH excluding ortho intramolecular Hbond substituents is 2. The quantitative estimate of drug-likeness (QED) is 0.329. The van der Waals surface area contributed by atoms with Gasteiger partial charge in [0.15, 0.2) is 23.0 Å². The molecule has 8 nitrogen and oxygen atoms in total. The summed E-state index contributed by atoms with van der Waals surface area (Å²) in [6, 6.07) is 7.06. The Balaban J connectivity index is 1.59. The molecule has 0 atom stereocenters. The van der Waals surface area contributed by atoms with Gasteiger partial charge in [0.05, 0.1) is 27.4 Å². The predicted octanol–water partition coefficient (Wildman–Crippen LogP) is 4.16. The van der Waals surface area contributed by atoms with Crippen molar-refractivity contribution in [2.24, 2.45) is 0 Å². The zero-order valence-electron chi connectivity index (χ0n) is 20.3. The molecule has 8 heteroatoms. The van der Waals surface area contributed by atoms with Gasteiger partial charge in [-0.3, -0.25) is 9.59 Å². The number of hydrogen-bond donors (Lipinski definition) is 2. The van der Waals surface area contributed by atoms with E-state index < -0.39 is 0 Å². The number of aromatic hydroxyl groups is 2. The van der Waals surface area contributed by atoms with E-state index in [0.717, 1.165) is 11.1 Å². The minimum Gasteiger partial charge on any atom is -0.504 e. The van der Waals surface area contributed by atoms with Crippen LogP contribution >= 0.6 is 0 Å². The molecule has 0 aromatic heterocycles. The minimum atomic E-state index is -0.304. The molecule has 0 radical (unpaired) electrons. The number of esters is 2. The molecule has 0 bridgehead atoms. The van der Waals surface area contributed by atoms with Crippen LogP contribution in [0.25, 0.3) is 0 Å². The van der Waals surface area contributed by atoms with E-state index in [1.54, 1.807) is 26.0 Å². The molecule has 0 saturated carbocycles. The number of unbranched alkanes of at least 4 members (excludes halogenated alkanes) is 1. The van der Waals surface area contributed by atoms with Gasteiger partial charge in [0.25, 0.3) is 0 Å². The topological polar surface area (TPSA) is 112 Å². The summed E-state index contributed by atoms with van der Waals surface area (Å²) in [5, 5.41) is 19.8. The Bertz CT molecular complexity index is 904. The first-order chi connectivity index (χ1) is 16.2. The highest BCUT2D eigenvalue weighted by atomic mass is 16.5. The third kappa shape index (κ3) is 8.17. The van der Waals surface area contributed by atoms with Crippen molar-refractivity contribution in [1.29, 1.82) is 0 Å². The van der Waals surface area contributed by atoms with Crippen LogP contribution in [0.5, 0.6) is 23.0 Å². The molecule has 2 rings (SSSR count). The van der Waals surface area contributed by atoms with E-state index in [1.165, 1.54) is 14.2 Å². The third-order valence-corrected chi connectivity index (χ3v) is 5.39. The third-order valence-electron chi connectivity index (χ3n) is 5.39. The van der Waals surface area contributed by atoms with Gasteiger partial charge in [-0.2, -0.15) is 0 Å². The van der Waals surface area contributed by atoms with Crippen LogP contribution in [0.4, 0.5) is 0 Å². The number of ether oxygens (including phenoxy) is 4. The van der Waals surface area contributed by atoms with Gasteiger partial charge in [0.2, 0.25) is 0 Å². The van der Waals surface area contributed by atoms with E-state index in [-0.39, 0.29) is 49.5 Å². The number of hydrogen-bond acceptors (Lipinski definition) is 8. The van der Waals surface area contributed by atoms with Crippen LogP contribution in [-0.2, 0) is 31.9 Å². The van der Waals surface area contributed by atoms with Crippen LogP contribution in [0.1, 0.15) is 47.9 Å². The van der Waals surface area contributed by atoms with Gasteiger partial charge in [0.1, 0.15) is 0 Å². The van der Waals surface area contributed by atoms with Gasteiger partial charge in [0, 0.05) is 12.8 Å². The van der Waals surface area contributed by atoms with Crippen LogP contribution in [0.3, 0.4) is 0 Å². The number of aryl methyl sites for hydroxylation is 4.